The molecule has 0 unspecified atom stereocenters. The lowest BCUT2D eigenvalue weighted by atomic mass is 10.2. The van der Waals surface area contributed by atoms with Gasteiger partial charge in [0.1, 0.15) is 0 Å². The smallest absolute Gasteiger partial charge is 0.409 e. The average Bonchev–Trinajstić information content (AvgIpc) is 2.48. The van der Waals surface area contributed by atoms with Crippen LogP contribution < -0.4 is 0 Å². The Bertz CT molecular complexity index is 530. The fourth-order valence-electron chi connectivity index (χ4n) is 2.05. The first-order valence-corrected chi connectivity index (χ1v) is 7.27. The van der Waals surface area contributed by atoms with E-state index in [4.69, 9.17) is 11.6 Å². The van der Waals surface area contributed by atoms with Crippen LogP contribution in [0.5, 0.6) is 0 Å². The van der Waals surface area contributed by atoms with Gasteiger partial charge in [0.25, 0.3) is 5.91 Å². The summed E-state index contributed by atoms with van der Waals surface area (Å²) in [5.41, 5.74) is 0.465. The SMILES string of the molecule is COC(=O)N1CCN(C(=O)c2cc(Br)ccc2Cl)CC1. The van der Waals surface area contributed by atoms with Crippen LogP contribution in [0.3, 0.4) is 0 Å². The number of carbonyl (C=O) groups excluding carboxylic acids is 2. The summed E-state index contributed by atoms with van der Waals surface area (Å²) in [6.45, 7) is 1.86. The Morgan fingerprint density at radius 1 is 1.20 bits per heavy atom. The number of methoxy groups -OCH3 is 1. The van der Waals surface area contributed by atoms with Crippen LogP contribution in [-0.2, 0) is 4.74 Å². The number of rotatable bonds is 1. The van der Waals surface area contributed by atoms with E-state index in [1.165, 1.54) is 7.11 Å². The monoisotopic (exact) mass is 360 g/mol. The molecule has 0 saturated carbocycles. The van der Waals surface area contributed by atoms with Gasteiger partial charge in [-0.1, -0.05) is 27.5 Å². The largest absolute Gasteiger partial charge is 0.453 e. The van der Waals surface area contributed by atoms with E-state index in [0.29, 0.717) is 36.8 Å². The number of amides is 2. The molecule has 2 rings (SSSR count). The predicted octanol–water partition coefficient (Wildman–Crippen LogP) is 2.63. The molecule has 20 heavy (non-hydrogen) atoms. The van der Waals surface area contributed by atoms with Crippen LogP contribution in [0, 0.1) is 0 Å². The minimum Gasteiger partial charge on any atom is -0.453 e. The number of hydrogen-bond acceptors (Lipinski definition) is 3. The van der Waals surface area contributed by atoms with Gasteiger partial charge in [-0.15, -0.1) is 0 Å². The van der Waals surface area contributed by atoms with Crippen LogP contribution in [0.4, 0.5) is 4.79 Å². The van der Waals surface area contributed by atoms with Crippen LogP contribution in [-0.4, -0.2) is 55.1 Å². The van der Waals surface area contributed by atoms with E-state index in [1.807, 2.05) is 0 Å². The summed E-state index contributed by atoms with van der Waals surface area (Å²) in [4.78, 5) is 27.1. The minimum absolute atomic E-state index is 0.124. The highest BCUT2D eigenvalue weighted by molar-refractivity contribution is 9.10. The van der Waals surface area contributed by atoms with E-state index in [2.05, 4.69) is 20.7 Å². The van der Waals surface area contributed by atoms with Crippen molar-refractivity contribution in [1.29, 1.82) is 0 Å². The number of piperazine rings is 1. The summed E-state index contributed by atoms with van der Waals surface area (Å²) in [7, 11) is 1.35. The normalized spacial score (nSPS) is 15.2. The van der Waals surface area contributed by atoms with Gasteiger partial charge in [-0.25, -0.2) is 4.79 Å². The minimum atomic E-state index is -0.363. The predicted molar refractivity (Wildman–Crippen MR) is 79.0 cm³/mol. The summed E-state index contributed by atoms with van der Waals surface area (Å²) >= 11 is 9.39. The van der Waals surface area contributed by atoms with E-state index < -0.39 is 0 Å². The topological polar surface area (TPSA) is 49.9 Å². The molecule has 2 amide bonds. The zero-order valence-electron chi connectivity index (χ0n) is 10.9. The summed E-state index contributed by atoms with van der Waals surface area (Å²) in [5, 5.41) is 0.425. The summed E-state index contributed by atoms with van der Waals surface area (Å²) in [6.07, 6.45) is -0.363. The zero-order chi connectivity index (χ0) is 14.7. The molecule has 0 spiro atoms. The van der Waals surface area contributed by atoms with Crippen molar-refractivity contribution in [3.05, 3.63) is 33.3 Å². The summed E-state index contributed by atoms with van der Waals surface area (Å²) in [5.74, 6) is -0.124. The van der Waals surface area contributed by atoms with Crippen molar-refractivity contribution in [2.75, 3.05) is 33.3 Å². The maximum Gasteiger partial charge on any atom is 0.409 e. The van der Waals surface area contributed by atoms with Gasteiger partial charge in [0.2, 0.25) is 0 Å². The van der Waals surface area contributed by atoms with Crippen LogP contribution in [0.2, 0.25) is 5.02 Å². The number of halogens is 2. The molecule has 1 heterocycles. The van der Waals surface area contributed by atoms with Crippen molar-refractivity contribution >= 4 is 39.5 Å². The quantitative estimate of drug-likeness (QED) is 0.772. The highest BCUT2D eigenvalue weighted by atomic mass is 79.9. The molecule has 0 bridgehead atoms. The third kappa shape index (κ3) is 3.24. The Balaban J connectivity index is 2.05. The molecule has 0 radical (unpaired) electrons. The Hall–Kier alpha value is -1.27. The maximum absolute atomic E-state index is 12.4. The first-order chi connectivity index (χ1) is 9.52. The maximum atomic E-state index is 12.4. The Morgan fingerprint density at radius 2 is 1.80 bits per heavy atom. The molecule has 0 N–H and O–H groups in total. The second kappa shape index (κ2) is 6.45. The number of benzene rings is 1. The van der Waals surface area contributed by atoms with Gasteiger partial charge >= 0.3 is 6.09 Å². The summed E-state index contributed by atoms with van der Waals surface area (Å²) < 4.78 is 5.47. The van der Waals surface area contributed by atoms with Crippen LogP contribution in [0.1, 0.15) is 10.4 Å². The molecule has 1 aliphatic heterocycles. The van der Waals surface area contributed by atoms with Gasteiger partial charge in [-0.2, -0.15) is 0 Å². The molecule has 0 aromatic heterocycles. The number of nitrogens with zero attached hydrogens (tertiary/aromatic N) is 2. The van der Waals surface area contributed by atoms with Gasteiger partial charge in [-0.3, -0.25) is 4.79 Å². The Labute approximate surface area is 130 Å². The van der Waals surface area contributed by atoms with Crippen LogP contribution >= 0.6 is 27.5 Å². The highest BCUT2D eigenvalue weighted by Gasteiger charge is 2.26. The third-order valence-corrected chi connectivity index (χ3v) is 3.98. The van der Waals surface area contributed by atoms with Crippen molar-refractivity contribution in [3.8, 4) is 0 Å². The van der Waals surface area contributed by atoms with Crippen molar-refractivity contribution in [2.24, 2.45) is 0 Å². The van der Waals surface area contributed by atoms with E-state index >= 15 is 0 Å². The van der Waals surface area contributed by atoms with Crippen LogP contribution in [0.15, 0.2) is 22.7 Å². The molecule has 0 atom stereocenters. The van der Waals surface area contributed by atoms with E-state index in [-0.39, 0.29) is 12.0 Å². The molecule has 1 fully saturated rings. The van der Waals surface area contributed by atoms with E-state index in [1.54, 1.807) is 28.0 Å². The lowest BCUT2D eigenvalue weighted by Gasteiger charge is -2.34. The van der Waals surface area contributed by atoms with Gasteiger partial charge < -0.3 is 14.5 Å². The van der Waals surface area contributed by atoms with Gasteiger partial charge in [0.05, 0.1) is 17.7 Å². The van der Waals surface area contributed by atoms with Crippen molar-refractivity contribution < 1.29 is 14.3 Å². The lowest BCUT2D eigenvalue weighted by molar-refractivity contribution is 0.0600. The number of ether oxygens (including phenoxy) is 1. The molecule has 7 heteroatoms. The van der Waals surface area contributed by atoms with E-state index in [9.17, 15) is 9.59 Å². The van der Waals surface area contributed by atoms with Crippen molar-refractivity contribution in [3.63, 3.8) is 0 Å². The average molecular weight is 362 g/mol. The molecule has 1 aliphatic rings. The second-order valence-corrected chi connectivity index (χ2v) is 5.70. The second-order valence-electron chi connectivity index (χ2n) is 4.37. The van der Waals surface area contributed by atoms with Crippen molar-refractivity contribution in [2.45, 2.75) is 0 Å². The molecule has 0 aliphatic carbocycles. The zero-order valence-corrected chi connectivity index (χ0v) is 13.3. The van der Waals surface area contributed by atoms with E-state index in [0.717, 1.165) is 4.47 Å². The molecule has 1 aromatic carbocycles. The van der Waals surface area contributed by atoms with Crippen molar-refractivity contribution in [1.82, 2.24) is 9.80 Å². The molecule has 5 nitrogen and oxygen atoms in total. The molecule has 108 valence electrons. The number of carbonyl (C=O) groups is 2. The fourth-order valence-corrected chi connectivity index (χ4v) is 2.61. The van der Waals surface area contributed by atoms with Gasteiger partial charge in [0, 0.05) is 30.7 Å². The third-order valence-electron chi connectivity index (χ3n) is 3.16. The van der Waals surface area contributed by atoms with Crippen LogP contribution in [0.25, 0.3) is 0 Å². The van der Waals surface area contributed by atoms with Gasteiger partial charge in [0.15, 0.2) is 0 Å². The molecular weight excluding hydrogens is 348 g/mol. The lowest BCUT2D eigenvalue weighted by Crippen LogP contribution is -2.50. The number of hydrogen-bond donors (Lipinski definition) is 0. The first-order valence-electron chi connectivity index (χ1n) is 6.10. The Kier molecular flexibility index (Phi) is 4.88. The molecule has 1 aromatic rings. The Morgan fingerprint density at radius 3 is 2.40 bits per heavy atom. The molecule has 1 saturated heterocycles. The fraction of sp³-hybridized carbons (Fsp3) is 0.385. The standard InChI is InChI=1S/C13H14BrClN2O3/c1-20-13(19)17-6-4-16(5-7-17)12(18)10-8-9(14)2-3-11(10)15/h2-3,8H,4-7H2,1H3. The van der Waals surface area contributed by atoms with Gasteiger partial charge in [-0.05, 0) is 18.2 Å². The molecular formula is C13H14BrClN2O3. The first kappa shape index (κ1) is 15.1. The highest BCUT2D eigenvalue weighted by Crippen LogP contribution is 2.23. The summed E-state index contributed by atoms with van der Waals surface area (Å²) in [6, 6.07) is 5.18.